The highest BCUT2D eigenvalue weighted by Crippen LogP contribution is 2.34. The Morgan fingerprint density at radius 3 is 2.71 bits per heavy atom. The van der Waals surface area contributed by atoms with E-state index in [2.05, 4.69) is 29.3 Å². The Morgan fingerprint density at radius 1 is 1.29 bits per heavy atom. The van der Waals surface area contributed by atoms with E-state index >= 15 is 0 Å². The number of amides is 1. The van der Waals surface area contributed by atoms with Crippen LogP contribution in [-0.2, 0) is 4.79 Å². The molecule has 0 radical (unpaired) electrons. The van der Waals surface area contributed by atoms with E-state index in [1.807, 2.05) is 12.1 Å². The highest BCUT2D eigenvalue weighted by atomic mass is 16.2. The number of rotatable bonds is 2. The molecule has 1 N–H and O–H groups in total. The van der Waals surface area contributed by atoms with Gasteiger partial charge in [-0.05, 0) is 37.3 Å². The van der Waals surface area contributed by atoms with Crippen LogP contribution < -0.4 is 5.32 Å². The second kappa shape index (κ2) is 4.15. The lowest BCUT2D eigenvalue weighted by Crippen LogP contribution is -2.43. The summed E-state index contributed by atoms with van der Waals surface area (Å²) >= 11 is 0. The van der Waals surface area contributed by atoms with Gasteiger partial charge in [-0.15, -0.1) is 0 Å². The van der Waals surface area contributed by atoms with Gasteiger partial charge in [0.05, 0.1) is 6.54 Å². The van der Waals surface area contributed by atoms with Crippen molar-refractivity contribution in [2.45, 2.75) is 38.4 Å². The Morgan fingerprint density at radius 2 is 2.06 bits per heavy atom. The topological polar surface area (TPSA) is 32.3 Å². The molecule has 17 heavy (non-hydrogen) atoms. The summed E-state index contributed by atoms with van der Waals surface area (Å²) < 4.78 is 0. The van der Waals surface area contributed by atoms with Crippen molar-refractivity contribution in [2.75, 3.05) is 6.54 Å². The fourth-order valence-electron chi connectivity index (χ4n) is 2.75. The Bertz CT molecular complexity index is 440. The first-order valence-corrected chi connectivity index (χ1v) is 6.37. The molecule has 1 saturated heterocycles. The molecule has 1 aliphatic heterocycles. The normalized spacial score (nSPS) is 25.1. The van der Waals surface area contributed by atoms with Gasteiger partial charge in [0.1, 0.15) is 6.17 Å². The molecular formula is C14H18N2O. The fraction of sp³-hybridized carbons (Fsp3) is 0.500. The summed E-state index contributed by atoms with van der Waals surface area (Å²) in [5.74, 6) is 0.253. The van der Waals surface area contributed by atoms with Crippen molar-refractivity contribution < 1.29 is 4.79 Å². The zero-order valence-electron chi connectivity index (χ0n) is 10.1. The molecule has 3 rings (SSSR count). The number of hydrogen-bond donors (Lipinski definition) is 1. The summed E-state index contributed by atoms with van der Waals surface area (Å²) in [6, 6.07) is 8.78. The zero-order chi connectivity index (χ0) is 11.8. The average Bonchev–Trinajstić information content (AvgIpc) is 2.60. The molecule has 3 heteroatoms. The molecule has 1 aromatic carbocycles. The predicted octanol–water partition coefficient (Wildman–Crippen LogP) is 1.98. The van der Waals surface area contributed by atoms with Crippen LogP contribution in [0.4, 0.5) is 0 Å². The van der Waals surface area contributed by atoms with E-state index in [0.717, 1.165) is 12.8 Å². The monoisotopic (exact) mass is 230 g/mol. The molecule has 1 amide bonds. The molecule has 0 spiro atoms. The summed E-state index contributed by atoms with van der Waals surface area (Å²) in [5.41, 5.74) is 2.49. The van der Waals surface area contributed by atoms with Gasteiger partial charge in [0.2, 0.25) is 5.91 Å². The summed E-state index contributed by atoms with van der Waals surface area (Å²) in [7, 11) is 0. The van der Waals surface area contributed by atoms with Crippen LogP contribution in [0.3, 0.4) is 0 Å². The minimum atomic E-state index is 0.0917. The largest absolute Gasteiger partial charge is 0.319 e. The molecule has 1 aliphatic carbocycles. The van der Waals surface area contributed by atoms with Gasteiger partial charge in [-0.3, -0.25) is 10.1 Å². The van der Waals surface area contributed by atoms with Crippen molar-refractivity contribution in [3.8, 4) is 0 Å². The number of hydrogen-bond acceptors (Lipinski definition) is 2. The SMILES string of the molecule is Cc1ccccc1C1NCC(=O)N1C1CCC1. The molecule has 1 aromatic rings. The van der Waals surface area contributed by atoms with E-state index in [0.29, 0.717) is 12.6 Å². The van der Waals surface area contributed by atoms with E-state index in [1.54, 1.807) is 0 Å². The standard InChI is InChI=1S/C14H18N2O/c1-10-5-2-3-8-12(10)14-15-9-13(17)16(14)11-6-4-7-11/h2-3,5,8,11,14-15H,4,6-7,9H2,1H3. The molecule has 2 fully saturated rings. The molecule has 0 aromatic heterocycles. The van der Waals surface area contributed by atoms with Gasteiger partial charge in [-0.2, -0.15) is 0 Å². The first-order valence-electron chi connectivity index (χ1n) is 6.37. The first kappa shape index (κ1) is 10.8. The second-order valence-electron chi connectivity index (χ2n) is 5.03. The van der Waals surface area contributed by atoms with Gasteiger partial charge in [0, 0.05) is 6.04 Å². The zero-order valence-corrected chi connectivity index (χ0v) is 10.1. The van der Waals surface area contributed by atoms with Crippen molar-refractivity contribution in [2.24, 2.45) is 0 Å². The molecule has 2 aliphatic rings. The Balaban J connectivity index is 1.91. The highest BCUT2D eigenvalue weighted by Gasteiger charge is 2.39. The highest BCUT2D eigenvalue weighted by molar-refractivity contribution is 5.81. The smallest absolute Gasteiger partial charge is 0.238 e. The minimum Gasteiger partial charge on any atom is -0.319 e. The van der Waals surface area contributed by atoms with Gasteiger partial charge in [-0.25, -0.2) is 0 Å². The third-order valence-electron chi connectivity index (χ3n) is 3.96. The molecule has 90 valence electrons. The molecule has 1 saturated carbocycles. The van der Waals surface area contributed by atoms with Gasteiger partial charge in [0.25, 0.3) is 0 Å². The third kappa shape index (κ3) is 1.75. The fourth-order valence-corrected chi connectivity index (χ4v) is 2.75. The van der Waals surface area contributed by atoms with Crippen molar-refractivity contribution in [3.63, 3.8) is 0 Å². The number of benzene rings is 1. The number of carbonyl (C=O) groups excluding carboxylic acids is 1. The summed E-state index contributed by atoms with van der Waals surface area (Å²) in [5, 5.41) is 3.34. The van der Waals surface area contributed by atoms with Crippen LogP contribution in [0.25, 0.3) is 0 Å². The van der Waals surface area contributed by atoms with Crippen molar-refractivity contribution in [3.05, 3.63) is 35.4 Å². The Labute approximate surface area is 102 Å². The lowest BCUT2D eigenvalue weighted by Gasteiger charge is -2.38. The van der Waals surface area contributed by atoms with Crippen LogP contribution in [0.15, 0.2) is 24.3 Å². The molecule has 1 heterocycles. The molecule has 0 bridgehead atoms. The Hall–Kier alpha value is -1.35. The van der Waals surface area contributed by atoms with Gasteiger partial charge in [0.15, 0.2) is 0 Å². The minimum absolute atomic E-state index is 0.0917. The Kier molecular flexibility index (Phi) is 2.63. The van der Waals surface area contributed by atoms with Gasteiger partial charge >= 0.3 is 0 Å². The van der Waals surface area contributed by atoms with Crippen molar-refractivity contribution in [1.29, 1.82) is 0 Å². The summed E-state index contributed by atoms with van der Waals surface area (Å²) in [4.78, 5) is 14.0. The van der Waals surface area contributed by atoms with E-state index in [-0.39, 0.29) is 12.1 Å². The number of nitrogens with zero attached hydrogens (tertiary/aromatic N) is 1. The maximum Gasteiger partial charge on any atom is 0.238 e. The molecule has 3 nitrogen and oxygen atoms in total. The first-order chi connectivity index (χ1) is 8.27. The summed E-state index contributed by atoms with van der Waals surface area (Å²) in [6.07, 6.45) is 3.68. The average molecular weight is 230 g/mol. The number of carbonyl (C=O) groups is 1. The van der Waals surface area contributed by atoms with Crippen LogP contribution in [0.1, 0.15) is 36.6 Å². The van der Waals surface area contributed by atoms with Crippen molar-refractivity contribution >= 4 is 5.91 Å². The van der Waals surface area contributed by atoms with Crippen LogP contribution >= 0.6 is 0 Å². The van der Waals surface area contributed by atoms with Gasteiger partial charge < -0.3 is 4.90 Å². The van der Waals surface area contributed by atoms with E-state index in [1.165, 1.54) is 17.5 Å². The quantitative estimate of drug-likeness (QED) is 0.842. The van der Waals surface area contributed by atoms with E-state index in [9.17, 15) is 4.79 Å². The maximum absolute atomic E-state index is 12.0. The molecule has 1 atom stereocenters. The second-order valence-corrected chi connectivity index (χ2v) is 5.03. The van der Waals surface area contributed by atoms with E-state index in [4.69, 9.17) is 0 Å². The van der Waals surface area contributed by atoms with Gasteiger partial charge in [-0.1, -0.05) is 24.3 Å². The number of nitrogens with one attached hydrogen (secondary N) is 1. The molecular weight excluding hydrogens is 212 g/mol. The molecule has 1 unspecified atom stereocenters. The van der Waals surface area contributed by atoms with E-state index < -0.39 is 0 Å². The van der Waals surface area contributed by atoms with Crippen molar-refractivity contribution in [1.82, 2.24) is 10.2 Å². The van der Waals surface area contributed by atoms with Crippen LogP contribution in [0.2, 0.25) is 0 Å². The predicted molar refractivity (Wildman–Crippen MR) is 66.4 cm³/mol. The maximum atomic E-state index is 12.0. The van der Waals surface area contributed by atoms with Crippen LogP contribution in [0, 0.1) is 6.92 Å². The summed E-state index contributed by atoms with van der Waals surface area (Å²) in [6.45, 7) is 2.59. The third-order valence-corrected chi connectivity index (χ3v) is 3.96. The number of aryl methyl sites for hydroxylation is 1. The van der Waals surface area contributed by atoms with Crippen LogP contribution in [0.5, 0.6) is 0 Å². The van der Waals surface area contributed by atoms with Crippen LogP contribution in [-0.4, -0.2) is 23.4 Å². The lowest BCUT2D eigenvalue weighted by atomic mass is 9.90. The lowest BCUT2D eigenvalue weighted by molar-refractivity contribution is -0.132.